The van der Waals surface area contributed by atoms with Gasteiger partial charge in [-0.15, -0.1) is 0 Å². The molecule has 52 heavy (non-hydrogen) atoms. The quantitative estimate of drug-likeness (QED) is 0.0964. The summed E-state index contributed by atoms with van der Waals surface area (Å²) >= 11 is 0. The van der Waals surface area contributed by atoms with Gasteiger partial charge in [0, 0.05) is 51.6 Å². The number of H-pyrrole nitrogens is 2. The van der Waals surface area contributed by atoms with Crippen molar-refractivity contribution >= 4 is 63.1 Å². The molecule has 0 spiro atoms. The van der Waals surface area contributed by atoms with E-state index in [0.29, 0.717) is 29.8 Å². The topological polar surface area (TPSA) is 198 Å². The van der Waals surface area contributed by atoms with E-state index in [0.717, 1.165) is 57.2 Å². The van der Waals surface area contributed by atoms with Crippen molar-refractivity contribution in [2.45, 2.75) is 104 Å². The Morgan fingerprint density at radius 1 is 0.942 bits per heavy atom. The van der Waals surface area contributed by atoms with Crippen LogP contribution in [-0.2, 0) is 20.8 Å². The number of aromatic carboxylic acids is 1. The van der Waals surface area contributed by atoms with Crippen LogP contribution in [0.4, 0.5) is 0 Å². The van der Waals surface area contributed by atoms with Gasteiger partial charge in [-0.1, -0.05) is 52.7 Å². The molecule has 3 atom stereocenters. The predicted molar refractivity (Wildman–Crippen MR) is 201 cm³/mol. The third-order valence-electron chi connectivity index (χ3n) is 10.4. The number of nitrogens with one attached hydrogen (secondary N) is 3. The molecule has 2 aliphatic rings. The second-order valence-electron chi connectivity index (χ2n) is 13.7. The van der Waals surface area contributed by atoms with Crippen LogP contribution < -0.4 is 5.32 Å². The number of aliphatic carboxylic acids is 2. The molecule has 0 radical (unpaired) electrons. The van der Waals surface area contributed by atoms with E-state index in [-0.39, 0.29) is 41.8 Å². The number of hydrogen-bond acceptors (Lipinski definition) is 6. The maximum atomic E-state index is 14.2. The lowest BCUT2D eigenvalue weighted by Gasteiger charge is -2.18. The molecule has 0 fully saturated rings. The standard InChI is InChI=1S/C40H47N5O7/c1-8-11-12-13-26(39(49)50)45-38(48)34-22(7)30-18-32-24(10-3)20(5)28(42-32)17-31-23(9-2)19(4)27(41-31)16-29-21(6)25(14-15-33(46)47)36(43-29)35(40(51)52)37(34)44-30/h9,16-18,21,25-26,41-42H,2,8,10-15H2,1,3-7H3,(H,45,48)(H,46,47)(H,49,50)(H,51,52)/t21-,25-,26?/m0/s1. The summed E-state index contributed by atoms with van der Waals surface area (Å²) in [5, 5.41) is 33.2. The fourth-order valence-electron chi connectivity index (χ4n) is 7.43. The van der Waals surface area contributed by atoms with Crippen molar-refractivity contribution in [2.24, 2.45) is 0 Å². The van der Waals surface area contributed by atoms with E-state index in [9.17, 15) is 34.5 Å². The number of fused-ring (bicyclic) bond motifs is 8. The second-order valence-corrected chi connectivity index (χ2v) is 13.7. The van der Waals surface area contributed by atoms with Crippen molar-refractivity contribution in [1.29, 1.82) is 0 Å². The maximum Gasteiger partial charge on any atom is 0.339 e. The van der Waals surface area contributed by atoms with Gasteiger partial charge < -0.3 is 30.6 Å². The molecule has 3 aromatic heterocycles. The highest BCUT2D eigenvalue weighted by Crippen LogP contribution is 2.43. The van der Waals surface area contributed by atoms with E-state index in [1.165, 1.54) is 0 Å². The largest absolute Gasteiger partial charge is 0.481 e. The summed E-state index contributed by atoms with van der Waals surface area (Å²) in [6, 6.07) is 4.45. The van der Waals surface area contributed by atoms with Crippen LogP contribution in [0.15, 0.2) is 24.8 Å². The van der Waals surface area contributed by atoms with Gasteiger partial charge in [0.05, 0.1) is 22.7 Å². The lowest BCUT2D eigenvalue weighted by molar-refractivity contribution is -0.141. The molecule has 3 aromatic rings. The van der Waals surface area contributed by atoms with Crippen LogP contribution >= 0.6 is 0 Å². The summed E-state index contributed by atoms with van der Waals surface area (Å²) in [5.41, 5.74) is 7.78. The highest BCUT2D eigenvalue weighted by Gasteiger charge is 2.38. The fourth-order valence-corrected chi connectivity index (χ4v) is 7.43. The van der Waals surface area contributed by atoms with Crippen LogP contribution in [0, 0.1) is 13.8 Å². The minimum atomic E-state index is -1.39. The van der Waals surface area contributed by atoms with Crippen molar-refractivity contribution in [3.63, 3.8) is 0 Å². The Kier molecular flexibility index (Phi) is 11.2. The number of amides is 1. The number of nitrogens with zero attached hydrogens (tertiary/aromatic N) is 2. The van der Waals surface area contributed by atoms with E-state index in [1.54, 1.807) is 19.1 Å². The van der Waals surface area contributed by atoms with E-state index >= 15 is 0 Å². The molecule has 0 saturated carbocycles. The number of carbonyl (C=O) groups excluding carboxylic acids is 1. The van der Waals surface area contributed by atoms with Gasteiger partial charge in [0.15, 0.2) is 0 Å². The summed E-state index contributed by atoms with van der Waals surface area (Å²) in [4.78, 5) is 68.3. The zero-order chi connectivity index (χ0) is 38.0. The summed E-state index contributed by atoms with van der Waals surface area (Å²) in [5.74, 6) is -5.41. The highest BCUT2D eigenvalue weighted by atomic mass is 16.4. The third-order valence-corrected chi connectivity index (χ3v) is 10.4. The number of allylic oxidation sites excluding steroid dienone is 1. The zero-order valence-electron chi connectivity index (χ0n) is 30.6. The van der Waals surface area contributed by atoms with Gasteiger partial charge in [0.2, 0.25) is 0 Å². The lowest BCUT2D eigenvalue weighted by atomic mass is 9.85. The Balaban J connectivity index is 1.93. The third kappa shape index (κ3) is 7.15. The smallest absolute Gasteiger partial charge is 0.339 e. The summed E-state index contributed by atoms with van der Waals surface area (Å²) < 4.78 is 0. The number of carboxylic acid groups (broad SMARTS) is 3. The molecule has 8 bridgehead atoms. The summed E-state index contributed by atoms with van der Waals surface area (Å²) in [6.45, 7) is 15.6. The molecule has 0 saturated heterocycles. The predicted octanol–water partition coefficient (Wildman–Crippen LogP) is 7.67. The van der Waals surface area contributed by atoms with Gasteiger partial charge in [-0.05, 0) is 80.5 Å². The average Bonchev–Trinajstić information content (AvgIpc) is 3.76. The molecule has 1 unspecified atom stereocenters. The molecule has 12 heteroatoms. The highest BCUT2D eigenvalue weighted by molar-refractivity contribution is 6.29. The van der Waals surface area contributed by atoms with Crippen molar-refractivity contribution < 1.29 is 34.5 Å². The first-order valence-corrected chi connectivity index (χ1v) is 17.8. The first-order valence-electron chi connectivity index (χ1n) is 17.8. The molecule has 6 N–H and O–H groups in total. The van der Waals surface area contributed by atoms with Gasteiger partial charge in [-0.3, -0.25) is 14.6 Å². The molecular weight excluding hydrogens is 662 g/mol. The average molecular weight is 710 g/mol. The maximum absolute atomic E-state index is 14.2. The van der Waals surface area contributed by atoms with Crippen molar-refractivity contribution in [1.82, 2.24) is 25.3 Å². The summed E-state index contributed by atoms with van der Waals surface area (Å²) in [6.07, 6.45) is 4.75. The number of aryl methyl sites for hydroxylation is 3. The number of aromatic nitrogens is 4. The number of rotatable bonds is 13. The number of hydrogen-bond donors (Lipinski definition) is 6. The summed E-state index contributed by atoms with van der Waals surface area (Å²) in [7, 11) is 0. The second kappa shape index (κ2) is 15.4. The SMILES string of the molecule is C=Cc1c(C)c2cc3nc(c(C(=O)O)c4nc(cc5[nH]c(cc1[nH]2)c(C)c5CC)C(C)=C4C(=O)NC(CCCCC)C(=O)O)[C@@H](CCC(=O)O)[C@@H]3C. The van der Waals surface area contributed by atoms with Crippen LogP contribution in [0.3, 0.4) is 0 Å². The van der Waals surface area contributed by atoms with E-state index in [2.05, 4.69) is 21.9 Å². The van der Waals surface area contributed by atoms with Crippen LogP contribution in [0.25, 0.3) is 39.3 Å². The Morgan fingerprint density at radius 2 is 1.63 bits per heavy atom. The molecule has 5 heterocycles. The number of carbonyl (C=O) groups is 4. The zero-order valence-corrected chi connectivity index (χ0v) is 30.6. The van der Waals surface area contributed by atoms with Crippen molar-refractivity contribution in [3.05, 3.63) is 75.4 Å². The monoisotopic (exact) mass is 709 g/mol. The molecule has 0 aromatic carbocycles. The Labute approximate surface area is 302 Å². The van der Waals surface area contributed by atoms with Crippen molar-refractivity contribution in [3.8, 4) is 0 Å². The first-order chi connectivity index (χ1) is 24.7. The van der Waals surface area contributed by atoms with Crippen LogP contribution in [-0.4, -0.2) is 65.1 Å². The number of carboxylic acids is 3. The normalized spacial score (nSPS) is 16.1. The molecule has 2 aliphatic heterocycles. The minimum absolute atomic E-state index is 0.0624. The fraction of sp³-hybridized carbons (Fsp3) is 0.400. The Hall–Kier alpha value is -5.52. The van der Waals surface area contributed by atoms with E-state index in [4.69, 9.17) is 9.97 Å². The minimum Gasteiger partial charge on any atom is -0.481 e. The molecule has 274 valence electrons. The van der Waals surface area contributed by atoms with Crippen LogP contribution in [0.1, 0.15) is 133 Å². The number of aromatic amines is 2. The van der Waals surface area contributed by atoms with Crippen LogP contribution in [0.5, 0.6) is 0 Å². The van der Waals surface area contributed by atoms with Gasteiger partial charge in [-0.2, -0.15) is 0 Å². The molecule has 5 rings (SSSR count). The van der Waals surface area contributed by atoms with E-state index < -0.39 is 41.7 Å². The Bertz CT molecular complexity index is 2170. The van der Waals surface area contributed by atoms with Gasteiger partial charge in [-0.25, -0.2) is 14.6 Å². The molecule has 12 nitrogen and oxygen atoms in total. The lowest BCUT2D eigenvalue weighted by Crippen LogP contribution is -2.41. The Morgan fingerprint density at radius 3 is 2.25 bits per heavy atom. The molecule has 1 amide bonds. The van der Waals surface area contributed by atoms with Gasteiger partial charge in [0.25, 0.3) is 5.91 Å². The number of unbranched alkanes of at least 4 members (excludes halogenated alkanes) is 2. The van der Waals surface area contributed by atoms with Crippen molar-refractivity contribution in [2.75, 3.05) is 0 Å². The molecular formula is C40H47N5O7. The first kappa shape index (κ1) is 37.7. The molecule has 0 aliphatic carbocycles. The van der Waals surface area contributed by atoms with Gasteiger partial charge >= 0.3 is 17.9 Å². The van der Waals surface area contributed by atoms with Crippen LogP contribution in [0.2, 0.25) is 0 Å². The van der Waals surface area contributed by atoms with Gasteiger partial charge in [0.1, 0.15) is 11.6 Å². The van der Waals surface area contributed by atoms with E-state index in [1.807, 2.05) is 46.8 Å².